The van der Waals surface area contributed by atoms with Crippen molar-refractivity contribution in [2.45, 2.75) is 6.92 Å². The van der Waals surface area contributed by atoms with Crippen molar-refractivity contribution in [2.75, 3.05) is 5.32 Å². The molecule has 1 aromatic heterocycles. The molecule has 0 saturated heterocycles. The first-order valence-electron chi connectivity index (χ1n) is 7.59. The minimum atomic E-state index is -0.926. The lowest BCUT2D eigenvalue weighted by molar-refractivity contribution is 0.0992. The highest BCUT2D eigenvalue weighted by Crippen LogP contribution is 2.25. The highest BCUT2D eigenvalue weighted by Gasteiger charge is 2.21. The number of hydrogen-bond acceptors (Lipinski definition) is 3. The Morgan fingerprint density at radius 3 is 2.54 bits per heavy atom. The van der Waals surface area contributed by atoms with Gasteiger partial charge in [-0.25, -0.2) is 9.07 Å². The molecule has 3 N–H and O–H groups in total. The summed E-state index contributed by atoms with van der Waals surface area (Å²) in [6.45, 7) is 1.65. The summed E-state index contributed by atoms with van der Waals surface area (Å²) in [7, 11) is 0. The predicted octanol–water partition coefficient (Wildman–Crippen LogP) is 3.32. The second-order valence-electron chi connectivity index (χ2n) is 5.51. The summed E-state index contributed by atoms with van der Waals surface area (Å²) in [6.07, 6.45) is 0. The number of rotatable bonds is 4. The molecule has 2 aromatic carbocycles. The average Bonchev–Trinajstić information content (AvgIpc) is 2.91. The first-order chi connectivity index (χ1) is 12.4. The van der Waals surface area contributed by atoms with Gasteiger partial charge in [0, 0.05) is 5.69 Å². The molecule has 3 aromatic rings. The van der Waals surface area contributed by atoms with Crippen LogP contribution in [0.5, 0.6) is 0 Å². The third kappa shape index (κ3) is 3.29. The van der Waals surface area contributed by atoms with Crippen molar-refractivity contribution in [1.82, 2.24) is 9.78 Å². The highest BCUT2D eigenvalue weighted by molar-refractivity contribution is 6.34. The van der Waals surface area contributed by atoms with Gasteiger partial charge in [-0.15, -0.1) is 0 Å². The van der Waals surface area contributed by atoms with E-state index in [1.165, 1.54) is 16.8 Å². The van der Waals surface area contributed by atoms with Gasteiger partial charge in [0.25, 0.3) is 11.8 Å². The quantitative estimate of drug-likeness (QED) is 0.736. The zero-order valence-electron chi connectivity index (χ0n) is 13.7. The number of anilines is 1. The Hall–Kier alpha value is -3.19. The third-order valence-electron chi connectivity index (χ3n) is 3.72. The van der Waals surface area contributed by atoms with Gasteiger partial charge in [0.15, 0.2) is 0 Å². The predicted molar refractivity (Wildman–Crippen MR) is 96.2 cm³/mol. The number of hydrogen-bond donors (Lipinski definition) is 2. The third-order valence-corrected chi connectivity index (χ3v) is 4.07. The van der Waals surface area contributed by atoms with Crippen LogP contribution in [-0.2, 0) is 0 Å². The van der Waals surface area contributed by atoms with Crippen LogP contribution >= 0.6 is 11.6 Å². The summed E-state index contributed by atoms with van der Waals surface area (Å²) in [5, 5.41) is 7.01. The van der Waals surface area contributed by atoms with E-state index in [9.17, 15) is 14.0 Å². The first-order valence-corrected chi connectivity index (χ1v) is 7.97. The van der Waals surface area contributed by atoms with Gasteiger partial charge >= 0.3 is 0 Å². The maximum Gasteiger partial charge on any atom is 0.260 e. The van der Waals surface area contributed by atoms with Gasteiger partial charge < -0.3 is 11.1 Å². The molecule has 0 aliphatic rings. The molecule has 0 spiro atoms. The SMILES string of the molecule is Cc1nn(-c2ccccc2)c(Cl)c1C(=O)Nc1ccc(F)c(C(N)=O)c1. The molecule has 0 saturated carbocycles. The Balaban J connectivity index is 1.93. The number of primary amides is 1. The molecule has 0 fully saturated rings. The van der Waals surface area contributed by atoms with E-state index in [0.29, 0.717) is 11.4 Å². The second-order valence-corrected chi connectivity index (χ2v) is 5.87. The van der Waals surface area contributed by atoms with E-state index in [1.807, 2.05) is 18.2 Å². The molecule has 0 radical (unpaired) electrons. The van der Waals surface area contributed by atoms with E-state index in [4.69, 9.17) is 17.3 Å². The second kappa shape index (κ2) is 6.97. The van der Waals surface area contributed by atoms with E-state index in [0.717, 1.165) is 6.07 Å². The molecular formula is C18H14ClFN4O2. The number of carbonyl (C=O) groups is 2. The number of aryl methyl sites for hydroxylation is 1. The summed E-state index contributed by atoms with van der Waals surface area (Å²) in [6, 6.07) is 12.7. The molecule has 3 rings (SSSR count). The minimum Gasteiger partial charge on any atom is -0.366 e. The van der Waals surface area contributed by atoms with Crippen LogP contribution in [0.15, 0.2) is 48.5 Å². The maximum atomic E-state index is 13.6. The van der Waals surface area contributed by atoms with Crippen LogP contribution in [0.25, 0.3) is 5.69 Å². The number of benzene rings is 2. The van der Waals surface area contributed by atoms with Crippen LogP contribution < -0.4 is 11.1 Å². The summed E-state index contributed by atoms with van der Waals surface area (Å²) in [5.74, 6) is -2.22. The van der Waals surface area contributed by atoms with Crippen molar-refractivity contribution in [3.63, 3.8) is 0 Å². The van der Waals surface area contributed by atoms with Crippen LogP contribution in [0.2, 0.25) is 5.15 Å². The number of para-hydroxylation sites is 1. The fourth-order valence-corrected chi connectivity index (χ4v) is 2.84. The molecule has 6 nitrogen and oxygen atoms in total. The van der Waals surface area contributed by atoms with Gasteiger partial charge in [-0.3, -0.25) is 9.59 Å². The number of amides is 2. The number of nitrogens with one attached hydrogen (secondary N) is 1. The highest BCUT2D eigenvalue weighted by atomic mass is 35.5. The van der Waals surface area contributed by atoms with Gasteiger partial charge in [-0.1, -0.05) is 29.8 Å². The summed E-state index contributed by atoms with van der Waals surface area (Å²) in [5.41, 5.74) is 6.33. The topological polar surface area (TPSA) is 90.0 Å². The smallest absolute Gasteiger partial charge is 0.260 e. The molecule has 0 aliphatic heterocycles. The molecule has 132 valence electrons. The van der Waals surface area contributed by atoms with Crippen molar-refractivity contribution >= 4 is 29.1 Å². The van der Waals surface area contributed by atoms with Crippen molar-refractivity contribution < 1.29 is 14.0 Å². The van der Waals surface area contributed by atoms with E-state index in [-0.39, 0.29) is 22.0 Å². The summed E-state index contributed by atoms with van der Waals surface area (Å²) >= 11 is 6.34. The van der Waals surface area contributed by atoms with Gasteiger partial charge in [0.05, 0.1) is 16.9 Å². The molecule has 2 amide bonds. The van der Waals surface area contributed by atoms with Crippen molar-refractivity contribution in [2.24, 2.45) is 5.73 Å². The van der Waals surface area contributed by atoms with Crippen LogP contribution in [0.3, 0.4) is 0 Å². The Morgan fingerprint density at radius 1 is 1.19 bits per heavy atom. The maximum absolute atomic E-state index is 13.6. The lowest BCUT2D eigenvalue weighted by atomic mass is 10.1. The number of carbonyl (C=O) groups excluding carboxylic acids is 2. The largest absolute Gasteiger partial charge is 0.366 e. The van der Waals surface area contributed by atoms with Crippen LogP contribution in [0.1, 0.15) is 26.4 Å². The normalized spacial score (nSPS) is 10.6. The number of aromatic nitrogens is 2. The van der Waals surface area contributed by atoms with Crippen molar-refractivity contribution in [3.8, 4) is 5.69 Å². The van der Waals surface area contributed by atoms with E-state index < -0.39 is 17.6 Å². The van der Waals surface area contributed by atoms with Crippen molar-refractivity contribution in [1.29, 1.82) is 0 Å². The van der Waals surface area contributed by atoms with Gasteiger partial charge in [0.2, 0.25) is 0 Å². The van der Waals surface area contributed by atoms with Crippen molar-refractivity contribution in [3.05, 3.63) is 76.3 Å². The molecule has 1 heterocycles. The van der Waals surface area contributed by atoms with Gasteiger partial charge in [0.1, 0.15) is 16.5 Å². The zero-order chi connectivity index (χ0) is 18.8. The van der Waals surface area contributed by atoms with Crippen LogP contribution in [0, 0.1) is 12.7 Å². The lowest BCUT2D eigenvalue weighted by Gasteiger charge is -2.07. The molecule has 0 bridgehead atoms. The van der Waals surface area contributed by atoms with E-state index >= 15 is 0 Å². The van der Waals surface area contributed by atoms with Crippen LogP contribution in [-0.4, -0.2) is 21.6 Å². The average molecular weight is 373 g/mol. The van der Waals surface area contributed by atoms with Gasteiger partial charge in [-0.05, 0) is 37.3 Å². The Labute approximate surface area is 153 Å². The Morgan fingerprint density at radius 2 is 1.88 bits per heavy atom. The fraction of sp³-hybridized carbons (Fsp3) is 0.0556. The minimum absolute atomic E-state index is 0.142. The lowest BCUT2D eigenvalue weighted by Crippen LogP contribution is -2.16. The van der Waals surface area contributed by atoms with E-state index in [1.54, 1.807) is 19.1 Å². The molecule has 0 aliphatic carbocycles. The zero-order valence-corrected chi connectivity index (χ0v) is 14.4. The summed E-state index contributed by atoms with van der Waals surface area (Å²) < 4.78 is 15.0. The van der Waals surface area contributed by atoms with Gasteiger partial charge in [-0.2, -0.15) is 5.10 Å². The monoisotopic (exact) mass is 372 g/mol. The Bertz CT molecular complexity index is 1000. The molecular weight excluding hydrogens is 359 g/mol. The van der Waals surface area contributed by atoms with Crippen LogP contribution in [0.4, 0.5) is 10.1 Å². The fourth-order valence-electron chi connectivity index (χ4n) is 2.48. The molecule has 26 heavy (non-hydrogen) atoms. The molecule has 0 unspecified atom stereocenters. The number of nitrogens with zero attached hydrogens (tertiary/aromatic N) is 2. The molecule has 8 heteroatoms. The standard InChI is InChI=1S/C18H14ClFN4O2/c1-10-15(16(19)24(23-10)12-5-3-2-4-6-12)18(26)22-11-7-8-14(20)13(9-11)17(21)25/h2-9H,1H3,(H2,21,25)(H,22,26). The van der Waals surface area contributed by atoms with E-state index in [2.05, 4.69) is 10.4 Å². The number of nitrogens with two attached hydrogens (primary N) is 1. The summed E-state index contributed by atoms with van der Waals surface area (Å²) in [4.78, 5) is 23.8. The Kier molecular flexibility index (Phi) is 4.73. The first kappa shape index (κ1) is 17.6. The number of halogens is 2. The molecule has 0 atom stereocenters.